The summed E-state index contributed by atoms with van der Waals surface area (Å²) in [5.74, 6) is 0. The molecule has 122 valence electrons. The summed E-state index contributed by atoms with van der Waals surface area (Å²) >= 11 is 0. The second-order valence-corrected chi connectivity index (χ2v) is 4.86. The minimum absolute atomic E-state index is 0.0535. The van der Waals surface area contributed by atoms with Crippen LogP contribution in [0.2, 0.25) is 0 Å². The predicted octanol–water partition coefficient (Wildman–Crippen LogP) is 3.52. The lowest BCUT2D eigenvalue weighted by molar-refractivity contribution is -0.137. The first-order valence-electron chi connectivity index (χ1n) is 6.79. The van der Waals surface area contributed by atoms with Crippen LogP contribution in [0.5, 0.6) is 0 Å². The number of aliphatic hydroxyl groups is 1. The average Bonchev–Trinajstić information content (AvgIpc) is 2.53. The number of carbonyl (C=O) groups excluding carboxylic acids is 1. The molecular weight excluding hydrogens is 309 g/mol. The van der Waals surface area contributed by atoms with Crippen molar-refractivity contribution in [1.82, 2.24) is 5.32 Å². The lowest BCUT2D eigenvalue weighted by Gasteiger charge is -2.10. The summed E-state index contributed by atoms with van der Waals surface area (Å²) in [6.45, 7) is 0.209. The summed E-state index contributed by atoms with van der Waals surface area (Å²) in [7, 11) is 0. The van der Waals surface area contributed by atoms with Crippen LogP contribution in [0.25, 0.3) is 0 Å². The molecule has 0 spiro atoms. The molecular formula is C16H15F3N2O2. The Morgan fingerprint density at radius 3 is 2.04 bits per heavy atom. The van der Waals surface area contributed by atoms with Crippen LogP contribution in [0.15, 0.2) is 48.5 Å². The Bertz CT molecular complexity index is 653. The Hall–Kier alpha value is -2.54. The molecule has 0 unspecified atom stereocenters. The summed E-state index contributed by atoms with van der Waals surface area (Å²) in [4.78, 5) is 11.7. The van der Waals surface area contributed by atoms with Gasteiger partial charge in [0.2, 0.25) is 0 Å². The molecule has 0 radical (unpaired) electrons. The number of rotatable bonds is 4. The first-order chi connectivity index (χ1) is 10.9. The molecule has 23 heavy (non-hydrogen) atoms. The molecule has 7 heteroatoms. The van der Waals surface area contributed by atoms with Crippen LogP contribution < -0.4 is 10.6 Å². The Labute approximate surface area is 131 Å². The highest BCUT2D eigenvalue weighted by Crippen LogP contribution is 2.29. The summed E-state index contributed by atoms with van der Waals surface area (Å²) in [5, 5.41) is 14.0. The highest BCUT2D eigenvalue weighted by molar-refractivity contribution is 5.89. The van der Waals surface area contributed by atoms with Gasteiger partial charge in [-0.15, -0.1) is 0 Å². The molecule has 3 N–H and O–H groups in total. The topological polar surface area (TPSA) is 61.4 Å². The Morgan fingerprint density at radius 2 is 1.52 bits per heavy atom. The second-order valence-electron chi connectivity index (χ2n) is 4.86. The maximum atomic E-state index is 12.4. The van der Waals surface area contributed by atoms with Gasteiger partial charge < -0.3 is 15.7 Å². The van der Waals surface area contributed by atoms with E-state index >= 15 is 0 Å². The monoisotopic (exact) mass is 324 g/mol. The SMILES string of the molecule is O=C(NCc1ccc(CO)cc1)Nc1ccc(C(F)(F)F)cc1. The number of urea groups is 1. The highest BCUT2D eigenvalue weighted by Gasteiger charge is 2.29. The molecule has 0 fully saturated rings. The number of hydrogen-bond donors (Lipinski definition) is 3. The molecule has 0 saturated heterocycles. The van der Waals surface area contributed by atoms with Crippen molar-refractivity contribution in [1.29, 1.82) is 0 Å². The normalized spacial score (nSPS) is 11.1. The van der Waals surface area contributed by atoms with Crippen molar-refractivity contribution in [2.45, 2.75) is 19.3 Å². The molecule has 4 nitrogen and oxygen atoms in total. The first kappa shape index (κ1) is 16.8. The largest absolute Gasteiger partial charge is 0.416 e. The Balaban J connectivity index is 1.86. The third-order valence-electron chi connectivity index (χ3n) is 3.13. The van der Waals surface area contributed by atoms with E-state index in [0.29, 0.717) is 0 Å². The van der Waals surface area contributed by atoms with Gasteiger partial charge in [0.15, 0.2) is 0 Å². The number of carbonyl (C=O) groups is 1. The van der Waals surface area contributed by atoms with Crippen LogP contribution in [-0.2, 0) is 19.3 Å². The van der Waals surface area contributed by atoms with Gasteiger partial charge in [-0.25, -0.2) is 4.79 Å². The molecule has 2 amide bonds. The smallest absolute Gasteiger partial charge is 0.392 e. The number of aliphatic hydroxyl groups excluding tert-OH is 1. The van der Waals surface area contributed by atoms with Crippen molar-refractivity contribution in [3.8, 4) is 0 Å². The van der Waals surface area contributed by atoms with Crippen LogP contribution in [0.3, 0.4) is 0 Å². The van der Waals surface area contributed by atoms with E-state index in [1.807, 2.05) is 0 Å². The maximum Gasteiger partial charge on any atom is 0.416 e. The van der Waals surface area contributed by atoms with Crippen molar-refractivity contribution in [2.75, 3.05) is 5.32 Å². The first-order valence-corrected chi connectivity index (χ1v) is 6.79. The minimum Gasteiger partial charge on any atom is -0.392 e. The maximum absolute atomic E-state index is 12.4. The van der Waals surface area contributed by atoms with Crippen LogP contribution in [-0.4, -0.2) is 11.1 Å². The fraction of sp³-hybridized carbons (Fsp3) is 0.188. The average molecular weight is 324 g/mol. The van der Waals surface area contributed by atoms with Gasteiger partial charge in [0.25, 0.3) is 0 Å². The second kappa shape index (κ2) is 7.15. The molecule has 0 aliphatic heterocycles. The Kier molecular flexibility index (Phi) is 5.23. The fourth-order valence-electron chi connectivity index (χ4n) is 1.86. The lowest BCUT2D eigenvalue weighted by atomic mass is 10.1. The van der Waals surface area contributed by atoms with Crippen LogP contribution in [0.1, 0.15) is 16.7 Å². The number of alkyl halides is 3. The van der Waals surface area contributed by atoms with E-state index in [1.165, 1.54) is 12.1 Å². The summed E-state index contributed by atoms with van der Waals surface area (Å²) in [6, 6.07) is 10.7. The summed E-state index contributed by atoms with van der Waals surface area (Å²) in [6.07, 6.45) is -4.40. The molecule has 0 bridgehead atoms. The van der Waals surface area contributed by atoms with Gasteiger partial charge in [-0.1, -0.05) is 24.3 Å². The van der Waals surface area contributed by atoms with Crippen molar-refractivity contribution in [3.05, 3.63) is 65.2 Å². The number of amides is 2. The fourth-order valence-corrected chi connectivity index (χ4v) is 1.86. The minimum atomic E-state index is -4.40. The number of hydrogen-bond acceptors (Lipinski definition) is 2. The van der Waals surface area contributed by atoms with E-state index in [9.17, 15) is 18.0 Å². The van der Waals surface area contributed by atoms with Gasteiger partial charge in [-0.05, 0) is 35.4 Å². The molecule has 0 heterocycles. The standard InChI is InChI=1S/C16H15F3N2O2/c17-16(18,19)13-5-7-14(8-6-13)21-15(23)20-9-11-1-3-12(10-22)4-2-11/h1-8,22H,9-10H2,(H2,20,21,23). The van der Waals surface area contributed by atoms with Gasteiger partial charge >= 0.3 is 12.2 Å². The van der Waals surface area contributed by atoms with Gasteiger partial charge in [0, 0.05) is 12.2 Å². The third-order valence-corrected chi connectivity index (χ3v) is 3.13. The summed E-state index contributed by atoms with van der Waals surface area (Å²) in [5.41, 5.74) is 1.10. The van der Waals surface area contributed by atoms with Gasteiger partial charge in [-0.2, -0.15) is 13.2 Å². The van der Waals surface area contributed by atoms with Crippen LogP contribution >= 0.6 is 0 Å². The molecule has 0 saturated carbocycles. The zero-order chi connectivity index (χ0) is 16.9. The molecule has 2 aromatic rings. The lowest BCUT2D eigenvalue weighted by Crippen LogP contribution is -2.28. The zero-order valence-corrected chi connectivity index (χ0v) is 12.0. The van der Waals surface area contributed by atoms with Crippen molar-refractivity contribution >= 4 is 11.7 Å². The van der Waals surface area contributed by atoms with E-state index in [1.54, 1.807) is 24.3 Å². The number of halogens is 3. The number of anilines is 1. The molecule has 2 aromatic carbocycles. The highest BCUT2D eigenvalue weighted by atomic mass is 19.4. The molecule has 0 aromatic heterocycles. The van der Waals surface area contributed by atoms with Gasteiger partial charge in [-0.3, -0.25) is 0 Å². The third kappa shape index (κ3) is 5.00. The number of benzene rings is 2. The van der Waals surface area contributed by atoms with Crippen LogP contribution in [0.4, 0.5) is 23.7 Å². The van der Waals surface area contributed by atoms with E-state index in [0.717, 1.165) is 23.3 Å². The molecule has 0 aliphatic carbocycles. The van der Waals surface area contributed by atoms with E-state index in [4.69, 9.17) is 5.11 Å². The van der Waals surface area contributed by atoms with Crippen molar-refractivity contribution in [2.24, 2.45) is 0 Å². The van der Waals surface area contributed by atoms with E-state index < -0.39 is 17.8 Å². The van der Waals surface area contributed by atoms with Crippen molar-refractivity contribution < 1.29 is 23.1 Å². The molecule has 2 rings (SSSR count). The van der Waals surface area contributed by atoms with E-state index in [2.05, 4.69) is 10.6 Å². The van der Waals surface area contributed by atoms with Gasteiger partial charge in [0.05, 0.1) is 12.2 Å². The zero-order valence-electron chi connectivity index (χ0n) is 12.0. The van der Waals surface area contributed by atoms with E-state index in [-0.39, 0.29) is 18.8 Å². The summed E-state index contributed by atoms with van der Waals surface area (Å²) < 4.78 is 37.3. The molecule has 0 aliphatic rings. The Morgan fingerprint density at radius 1 is 0.957 bits per heavy atom. The molecule has 0 atom stereocenters. The van der Waals surface area contributed by atoms with Gasteiger partial charge in [0.1, 0.15) is 0 Å². The van der Waals surface area contributed by atoms with Crippen LogP contribution in [0, 0.1) is 0 Å². The predicted molar refractivity (Wildman–Crippen MR) is 79.7 cm³/mol. The van der Waals surface area contributed by atoms with Crippen molar-refractivity contribution in [3.63, 3.8) is 0 Å². The number of nitrogens with one attached hydrogen (secondary N) is 2. The quantitative estimate of drug-likeness (QED) is 0.806.